The number of carbonyl (C=O) groups excluding carboxylic acids is 1. The molecule has 0 spiro atoms. The molecule has 1 aromatic carbocycles. The molecule has 1 saturated carbocycles. The van der Waals surface area contributed by atoms with Gasteiger partial charge in [0.15, 0.2) is 0 Å². The van der Waals surface area contributed by atoms with E-state index in [0.29, 0.717) is 17.9 Å². The molecule has 3 nitrogen and oxygen atoms in total. The monoisotopic (exact) mass is 258 g/mol. The van der Waals surface area contributed by atoms with Crippen molar-refractivity contribution in [3.8, 4) is 0 Å². The van der Waals surface area contributed by atoms with E-state index < -0.39 is 0 Å². The number of fused-ring (bicyclic) bond motifs is 1. The average molecular weight is 258 g/mol. The Kier molecular flexibility index (Phi) is 3.09. The molecular weight excluding hydrogens is 236 g/mol. The quantitative estimate of drug-likeness (QED) is 0.838. The molecule has 0 radical (unpaired) electrons. The standard InChI is InChI=1S/C16H22N2O/c1-10-4-3-5-11(2)15(10)16(19)18-8-12-6-7-14(17)13(12)9-18/h3-5,12-14H,6-9,17H2,1-2H3. The van der Waals surface area contributed by atoms with Crippen LogP contribution in [0, 0.1) is 25.7 Å². The second-order valence-electron chi connectivity index (χ2n) is 6.14. The summed E-state index contributed by atoms with van der Waals surface area (Å²) in [4.78, 5) is 14.7. The number of amides is 1. The van der Waals surface area contributed by atoms with Crippen molar-refractivity contribution in [3.63, 3.8) is 0 Å². The molecule has 1 aliphatic heterocycles. The lowest BCUT2D eigenvalue weighted by molar-refractivity contribution is 0.0778. The second-order valence-corrected chi connectivity index (χ2v) is 6.14. The summed E-state index contributed by atoms with van der Waals surface area (Å²) in [6, 6.07) is 6.34. The third-order valence-electron chi connectivity index (χ3n) is 4.89. The first kappa shape index (κ1) is 12.7. The molecule has 1 aliphatic carbocycles. The summed E-state index contributed by atoms with van der Waals surface area (Å²) >= 11 is 0. The Labute approximate surface area is 114 Å². The maximum Gasteiger partial charge on any atom is 0.254 e. The fourth-order valence-electron chi connectivity index (χ4n) is 3.78. The van der Waals surface area contributed by atoms with Gasteiger partial charge in [-0.2, -0.15) is 0 Å². The molecule has 2 N–H and O–H groups in total. The lowest BCUT2D eigenvalue weighted by Crippen LogP contribution is -2.34. The van der Waals surface area contributed by atoms with Crippen molar-refractivity contribution < 1.29 is 4.79 Å². The van der Waals surface area contributed by atoms with Crippen LogP contribution >= 0.6 is 0 Å². The molecule has 0 bridgehead atoms. The van der Waals surface area contributed by atoms with Gasteiger partial charge < -0.3 is 10.6 Å². The summed E-state index contributed by atoms with van der Waals surface area (Å²) < 4.78 is 0. The number of aryl methyl sites for hydroxylation is 2. The summed E-state index contributed by atoms with van der Waals surface area (Å²) in [5.74, 6) is 1.34. The minimum atomic E-state index is 0.192. The van der Waals surface area contributed by atoms with Crippen molar-refractivity contribution in [1.29, 1.82) is 0 Å². The molecule has 2 aliphatic rings. The number of rotatable bonds is 1. The Bertz CT molecular complexity index is 491. The number of nitrogens with two attached hydrogens (primary N) is 1. The van der Waals surface area contributed by atoms with Crippen LogP contribution in [0.2, 0.25) is 0 Å². The fourth-order valence-corrected chi connectivity index (χ4v) is 3.78. The van der Waals surface area contributed by atoms with E-state index >= 15 is 0 Å². The third-order valence-corrected chi connectivity index (χ3v) is 4.89. The summed E-state index contributed by atoms with van der Waals surface area (Å²) in [6.45, 7) is 5.77. The summed E-state index contributed by atoms with van der Waals surface area (Å²) in [5, 5.41) is 0. The van der Waals surface area contributed by atoms with Gasteiger partial charge in [0.2, 0.25) is 0 Å². The molecule has 3 rings (SSSR count). The number of nitrogens with zero attached hydrogens (tertiary/aromatic N) is 1. The molecule has 102 valence electrons. The van der Waals surface area contributed by atoms with Crippen LogP contribution in [0.15, 0.2) is 18.2 Å². The molecule has 1 heterocycles. The maximum atomic E-state index is 12.7. The van der Waals surface area contributed by atoms with Gasteiger partial charge in [-0.3, -0.25) is 4.79 Å². The van der Waals surface area contributed by atoms with E-state index in [1.807, 2.05) is 36.9 Å². The van der Waals surface area contributed by atoms with Crippen LogP contribution in [-0.4, -0.2) is 29.9 Å². The van der Waals surface area contributed by atoms with E-state index in [-0.39, 0.29) is 5.91 Å². The molecule has 3 atom stereocenters. The molecule has 0 aromatic heterocycles. The molecule has 1 amide bonds. The predicted octanol–water partition coefficient (Wildman–Crippen LogP) is 2.11. The van der Waals surface area contributed by atoms with Gasteiger partial charge in [-0.15, -0.1) is 0 Å². The van der Waals surface area contributed by atoms with Crippen LogP contribution in [0.1, 0.15) is 34.3 Å². The maximum absolute atomic E-state index is 12.7. The fraction of sp³-hybridized carbons (Fsp3) is 0.562. The van der Waals surface area contributed by atoms with Gasteiger partial charge >= 0.3 is 0 Å². The highest BCUT2D eigenvalue weighted by Crippen LogP contribution is 2.37. The number of hydrogen-bond acceptors (Lipinski definition) is 2. The van der Waals surface area contributed by atoms with Gasteiger partial charge in [0.1, 0.15) is 0 Å². The molecule has 19 heavy (non-hydrogen) atoms. The van der Waals surface area contributed by atoms with E-state index in [9.17, 15) is 4.79 Å². The Morgan fingerprint density at radius 2 is 1.89 bits per heavy atom. The summed E-state index contributed by atoms with van der Waals surface area (Å²) in [7, 11) is 0. The van der Waals surface area contributed by atoms with Crippen LogP contribution in [0.25, 0.3) is 0 Å². The summed E-state index contributed by atoms with van der Waals surface area (Å²) in [5.41, 5.74) is 9.18. The van der Waals surface area contributed by atoms with Crippen LogP contribution < -0.4 is 5.73 Å². The smallest absolute Gasteiger partial charge is 0.254 e. The van der Waals surface area contributed by atoms with Gasteiger partial charge in [0.25, 0.3) is 5.91 Å². The zero-order valence-electron chi connectivity index (χ0n) is 11.7. The number of hydrogen-bond donors (Lipinski definition) is 1. The van der Waals surface area contributed by atoms with E-state index in [1.54, 1.807) is 0 Å². The lowest BCUT2D eigenvalue weighted by atomic mass is 9.98. The molecule has 1 aromatic rings. The molecule has 3 heteroatoms. The molecule has 2 fully saturated rings. The highest BCUT2D eigenvalue weighted by Gasteiger charge is 2.42. The van der Waals surface area contributed by atoms with Crippen molar-refractivity contribution in [2.24, 2.45) is 17.6 Å². The van der Waals surface area contributed by atoms with Crippen molar-refractivity contribution in [2.75, 3.05) is 13.1 Å². The highest BCUT2D eigenvalue weighted by atomic mass is 16.2. The minimum Gasteiger partial charge on any atom is -0.338 e. The largest absolute Gasteiger partial charge is 0.338 e. The first-order valence-corrected chi connectivity index (χ1v) is 7.19. The average Bonchev–Trinajstić information content (AvgIpc) is 2.92. The van der Waals surface area contributed by atoms with E-state index in [1.165, 1.54) is 6.42 Å². The van der Waals surface area contributed by atoms with Gasteiger partial charge in [-0.25, -0.2) is 0 Å². The van der Waals surface area contributed by atoms with Crippen LogP contribution in [0.3, 0.4) is 0 Å². The Morgan fingerprint density at radius 3 is 2.53 bits per heavy atom. The first-order chi connectivity index (χ1) is 9.08. The van der Waals surface area contributed by atoms with Crippen molar-refractivity contribution in [1.82, 2.24) is 4.90 Å². The topological polar surface area (TPSA) is 46.3 Å². The van der Waals surface area contributed by atoms with Crippen LogP contribution in [0.4, 0.5) is 0 Å². The lowest BCUT2D eigenvalue weighted by Gasteiger charge is -2.21. The number of benzene rings is 1. The Morgan fingerprint density at radius 1 is 1.21 bits per heavy atom. The predicted molar refractivity (Wildman–Crippen MR) is 76.0 cm³/mol. The Balaban J connectivity index is 1.83. The minimum absolute atomic E-state index is 0.192. The van der Waals surface area contributed by atoms with Crippen LogP contribution in [-0.2, 0) is 0 Å². The second kappa shape index (κ2) is 4.64. The van der Waals surface area contributed by atoms with Gasteiger partial charge in [-0.1, -0.05) is 18.2 Å². The van der Waals surface area contributed by atoms with Gasteiger partial charge in [0, 0.05) is 24.7 Å². The summed E-state index contributed by atoms with van der Waals surface area (Å²) in [6.07, 6.45) is 2.31. The molecule has 3 unspecified atom stereocenters. The zero-order chi connectivity index (χ0) is 13.6. The van der Waals surface area contributed by atoms with Gasteiger partial charge in [-0.05, 0) is 49.7 Å². The van der Waals surface area contributed by atoms with E-state index in [2.05, 4.69) is 0 Å². The van der Waals surface area contributed by atoms with E-state index in [0.717, 1.165) is 36.2 Å². The van der Waals surface area contributed by atoms with E-state index in [4.69, 9.17) is 5.73 Å². The third kappa shape index (κ3) is 2.06. The zero-order valence-corrected chi connectivity index (χ0v) is 11.7. The SMILES string of the molecule is Cc1cccc(C)c1C(=O)N1CC2CCC(N)C2C1. The molecular formula is C16H22N2O. The normalized spacial score (nSPS) is 29.6. The Hall–Kier alpha value is -1.35. The number of carbonyl (C=O) groups is 1. The van der Waals surface area contributed by atoms with Crippen molar-refractivity contribution in [2.45, 2.75) is 32.7 Å². The number of likely N-dealkylation sites (tertiary alicyclic amines) is 1. The van der Waals surface area contributed by atoms with Crippen molar-refractivity contribution in [3.05, 3.63) is 34.9 Å². The van der Waals surface area contributed by atoms with Crippen LogP contribution in [0.5, 0.6) is 0 Å². The van der Waals surface area contributed by atoms with Crippen molar-refractivity contribution >= 4 is 5.91 Å². The first-order valence-electron chi connectivity index (χ1n) is 7.19. The van der Waals surface area contributed by atoms with Gasteiger partial charge in [0.05, 0.1) is 0 Å². The molecule has 1 saturated heterocycles. The highest BCUT2D eigenvalue weighted by molar-refractivity contribution is 5.97.